The first-order valence-corrected chi connectivity index (χ1v) is 5.28. The number of rotatable bonds is 3. The molecule has 0 atom stereocenters. The molecule has 6 nitrogen and oxygen atoms in total. The average Bonchev–Trinajstić information content (AvgIpc) is 2.77. The normalized spacial score (nSPS) is 11.8. The molecule has 2 rings (SSSR count). The van der Waals surface area contributed by atoms with Gasteiger partial charge < -0.3 is 5.11 Å². The number of aromatic nitrogens is 4. The molecule has 0 saturated heterocycles. The lowest BCUT2D eigenvalue weighted by Gasteiger charge is -2.06. The molecule has 0 radical (unpaired) electrons. The summed E-state index contributed by atoms with van der Waals surface area (Å²) in [5, 5.41) is 22.9. The Kier molecular flexibility index (Phi) is 3.13. The Hall–Kier alpha value is -2.24. The van der Waals surface area contributed by atoms with Gasteiger partial charge in [-0.1, -0.05) is 6.92 Å². The molecule has 0 N–H and O–H groups in total. The van der Waals surface area contributed by atoms with Gasteiger partial charge >= 0.3 is 0 Å². The van der Waals surface area contributed by atoms with Crippen LogP contribution >= 0.6 is 0 Å². The van der Waals surface area contributed by atoms with E-state index in [1.165, 1.54) is 4.80 Å². The third-order valence-electron chi connectivity index (χ3n) is 2.19. The molecule has 6 heteroatoms. The van der Waals surface area contributed by atoms with Gasteiger partial charge in [-0.15, -0.1) is 10.2 Å². The highest BCUT2D eigenvalue weighted by Gasteiger charge is 2.03. The summed E-state index contributed by atoms with van der Waals surface area (Å²) < 4.78 is 0. The van der Waals surface area contributed by atoms with Gasteiger partial charge in [-0.2, -0.15) is 4.80 Å². The summed E-state index contributed by atoms with van der Waals surface area (Å²) >= 11 is 0. The Morgan fingerprint density at radius 1 is 1.35 bits per heavy atom. The largest absolute Gasteiger partial charge is 0.862 e. The number of nitrogens with zero attached hydrogens (tertiary/aromatic N) is 5. The van der Waals surface area contributed by atoms with Gasteiger partial charge in [0, 0.05) is 5.56 Å². The summed E-state index contributed by atoms with van der Waals surface area (Å²) in [6.07, 6.45) is 0.410. The Labute approximate surface area is 98.6 Å². The van der Waals surface area contributed by atoms with Crippen molar-refractivity contribution < 1.29 is 5.11 Å². The van der Waals surface area contributed by atoms with Crippen LogP contribution in [0.4, 0.5) is 5.69 Å². The molecule has 1 aromatic heterocycles. The summed E-state index contributed by atoms with van der Waals surface area (Å²) in [7, 11) is 1.71. The van der Waals surface area contributed by atoms with Crippen LogP contribution in [0.3, 0.4) is 0 Å². The molecule has 1 heterocycles. The minimum absolute atomic E-state index is 0.129. The molecule has 0 spiro atoms. The average molecular weight is 230 g/mol. The SMILES string of the molecule is CCC([O-])=Nc1ccc(-c2nnn(C)n2)cc1. The maximum absolute atomic E-state index is 11.1. The van der Waals surface area contributed by atoms with Crippen molar-refractivity contribution in [2.24, 2.45) is 12.0 Å². The number of benzene rings is 1. The fraction of sp³-hybridized carbons (Fsp3) is 0.273. The molecule has 0 aliphatic rings. The molecular weight excluding hydrogens is 218 g/mol. The summed E-state index contributed by atoms with van der Waals surface area (Å²) in [6.45, 7) is 1.78. The van der Waals surface area contributed by atoms with Crippen LogP contribution in [0.15, 0.2) is 29.3 Å². The van der Waals surface area contributed by atoms with Crippen LogP contribution in [-0.2, 0) is 7.05 Å². The number of hydrogen-bond donors (Lipinski definition) is 0. The van der Waals surface area contributed by atoms with Crippen molar-refractivity contribution in [1.29, 1.82) is 0 Å². The smallest absolute Gasteiger partial charge is 0.204 e. The highest BCUT2D eigenvalue weighted by Crippen LogP contribution is 2.18. The Morgan fingerprint density at radius 3 is 2.59 bits per heavy atom. The second kappa shape index (κ2) is 4.73. The van der Waals surface area contributed by atoms with Crippen molar-refractivity contribution in [2.45, 2.75) is 13.3 Å². The lowest BCUT2D eigenvalue weighted by Crippen LogP contribution is -2.14. The number of aryl methyl sites for hydroxylation is 1. The van der Waals surface area contributed by atoms with E-state index in [0.29, 0.717) is 17.9 Å². The molecule has 1 aromatic carbocycles. The van der Waals surface area contributed by atoms with Gasteiger partial charge in [-0.3, -0.25) is 4.99 Å². The van der Waals surface area contributed by atoms with E-state index in [0.717, 1.165) is 5.56 Å². The Morgan fingerprint density at radius 2 is 2.06 bits per heavy atom. The zero-order valence-electron chi connectivity index (χ0n) is 9.66. The minimum Gasteiger partial charge on any atom is -0.862 e. The van der Waals surface area contributed by atoms with Crippen molar-refractivity contribution in [2.75, 3.05) is 0 Å². The van der Waals surface area contributed by atoms with Gasteiger partial charge in [0.2, 0.25) is 5.82 Å². The van der Waals surface area contributed by atoms with Gasteiger partial charge in [0.05, 0.1) is 12.7 Å². The standard InChI is InChI=1S/C11H13N5O/c1-3-10(17)12-9-6-4-8(5-7-9)11-13-15-16(2)14-11/h4-7H,3H2,1-2H3,(H,12,17)/p-1. The first-order valence-electron chi connectivity index (χ1n) is 5.28. The molecule has 0 unspecified atom stereocenters. The Balaban J connectivity index is 2.24. The fourth-order valence-corrected chi connectivity index (χ4v) is 1.31. The van der Waals surface area contributed by atoms with E-state index in [2.05, 4.69) is 20.4 Å². The van der Waals surface area contributed by atoms with E-state index in [9.17, 15) is 5.11 Å². The van der Waals surface area contributed by atoms with Crippen LogP contribution in [0.1, 0.15) is 13.3 Å². The van der Waals surface area contributed by atoms with E-state index in [1.807, 2.05) is 12.1 Å². The molecular formula is C11H12N5O-. The highest BCUT2D eigenvalue weighted by molar-refractivity contribution is 5.75. The van der Waals surface area contributed by atoms with Crippen molar-refractivity contribution in [3.8, 4) is 11.4 Å². The zero-order valence-corrected chi connectivity index (χ0v) is 9.66. The van der Waals surface area contributed by atoms with Crippen LogP contribution in [-0.4, -0.2) is 26.1 Å². The maximum Gasteiger partial charge on any atom is 0.204 e. The van der Waals surface area contributed by atoms with Crippen LogP contribution < -0.4 is 5.11 Å². The third kappa shape index (κ3) is 2.66. The highest BCUT2D eigenvalue weighted by atomic mass is 16.3. The van der Waals surface area contributed by atoms with Gasteiger partial charge in [0.1, 0.15) is 0 Å². The maximum atomic E-state index is 11.1. The number of hydrogen-bond acceptors (Lipinski definition) is 5. The van der Waals surface area contributed by atoms with Crippen molar-refractivity contribution in [3.05, 3.63) is 24.3 Å². The topological polar surface area (TPSA) is 79.0 Å². The van der Waals surface area contributed by atoms with E-state index >= 15 is 0 Å². The molecule has 0 aliphatic heterocycles. The summed E-state index contributed by atoms with van der Waals surface area (Å²) in [6, 6.07) is 7.16. The van der Waals surface area contributed by atoms with Crippen molar-refractivity contribution in [3.63, 3.8) is 0 Å². The van der Waals surface area contributed by atoms with Crippen LogP contribution in [0, 0.1) is 0 Å². The number of tetrazole rings is 1. The summed E-state index contributed by atoms with van der Waals surface area (Å²) in [5.74, 6) is 0.427. The van der Waals surface area contributed by atoms with Crippen molar-refractivity contribution >= 4 is 11.6 Å². The first-order chi connectivity index (χ1) is 8.19. The van der Waals surface area contributed by atoms with Crippen molar-refractivity contribution in [1.82, 2.24) is 20.2 Å². The van der Waals surface area contributed by atoms with Gasteiger partial charge in [0.25, 0.3) is 0 Å². The van der Waals surface area contributed by atoms with Crippen LogP contribution in [0.25, 0.3) is 11.4 Å². The molecule has 0 saturated carbocycles. The molecule has 0 amide bonds. The van der Waals surface area contributed by atoms with E-state index < -0.39 is 0 Å². The quantitative estimate of drug-likeness (QED) is 0.573. The third-order valence-corrected chi connectivity index (χ3v) is 2.19. The summed E-state index contributed by atoms with van der Waals surface area (Å²) in [5.41, 5.74) is 1.49. The Bertz CT molecular complexity index is 529. The number of aliphatic imine (C=N–C) groups is 1. The van der Waals surface area contributed by atoms with Crippen LogP contribution in [0.2, 0.25) is 0 Å². The van der Waals surface area contributed by atoms with Gasteiger partial charge in [0.15, 0.2) is 0 Å². The molecule has 0 bridgehead atoms. The zero-order chi connectivity index (χ0) is 12.3. The van der Waals surface area contributed by atoms with Gasteiger partial charge in [-0.25, -0.2) is 0 Å². The predicted octanol–water partition coefficient (Wildman–Crippen LogP) is 0.677. The van der Waals surface area contributed by atoms with Crippen LogP contribution in [0.5, 0.6) is 0 Å². The van der Waals surface area contributed by atoms with Gasteiger partial charge in [-0.05, 0) is 41.8 Å². The second-order valence-electron chi connectivity index (χ2n) is 3.51. The van der Waals surface area contributed by atoms with E-state index in [-0.39, 0.29) is 5.90 Å². The molecule has 0 aliphatic carbocycles. The second-order valence-corrected chi connectivity index (χ2v) is 3.51. The monoisotopic (exact) mass is 230 g/mol. The molecule has 2 aromatic rings. The lowest BCUT2D eigenvalue weighted by molar-refractivity contribution is -0.218. The first kappa shape index (κ1) is 11.3. The minimum atomic E-state index is -0.129. The summed E-state index contributed by atoms with van der Waals surface area (Å²) in [4.78, 5) is 5.31. The molecule has 0 fully saturated rings. The fourth-order valence-electron chi connectivity index (χ4n) is 1.31. The lowest BCUT2D eigenvalue weighted by atomic mass is 10.2. The predicted molar refractivity (Wildman–Crippen MR) is 61.6 cm³/mol. The van der Waals surface area contributed by atoms with E-state index in [4.69, 9.17) is 0 Å². The molecule has 17 heavy (non-hydrogen) atoms. The van der Waals surface area contributed by atoms with E-state index in [1.54, 1.807) is 26.1 Å². The molecule has 88 valence electrons.